The molecule has 116 valence electrons. The van der Waals surface area contributed by atoms with Gasteiger partial charge < -0.3 is 5.11 Å². The van der Waals surface area contributed by atoms with Crippen molar-refractivity contribution in [3.63, 3.8) is 0 Å². The van der Waals surface area contributed by atoms with E-state index in [1.54, 1.807) is 12.1 Å². The summed E-state index contributed by atoms with van der Waals surface area (Å²) < 4.78 is 27.2. The molecule has 0 spiro atoms. The van der Waals surface area contributed by atoms with Crippen molar-refractivity contribution in [2.24, 2.45) is 5.92 Å². The third kappa shape index (κ3) is 3.30. The highest BCUT2D eigenvalue weighted by molar-refractivity contribution is 7.89. The van der Waals surface area contributed by atoms with E-state index in [0.717, 1.165) is 50.5 Å². The average molecular weight is 309 g/mol. The Morgan fingerprint density at radius 1 is 1.14 bits per heavy atom. The van der Waals surface area contributed by atoms with Crippen LogP contribution in [0.2, 0.25) is 0 Å². The number of hydrogen-bond donors (Lipinski definition) is 2. The Balaban J connectivity index is 1.66. The maximum absolute atomic E-state index is 12.3. The summed E-state index contributed by atoms with van der Waals surface area (Å²) >= 11 is 0. The fourth-order valence-electron chi connectivity index (χ4n) is 3.50. The van der Waals surface area contributed by atoms with E-state index >= 15 is 0 Å². The van der Waals surface area contributed by atoms with Crippen LogP contribution in [-0.2, 0) is 22.9 Å². The quantitative estimate of drug-likeness (QED) is 0.874. The fourth-order valence-corrected chi connectivity index (χ4v) is 4.60. The largest absolute Gasteiger partial charge is 0.391 e. The number of hydrogen-bond acceptors (Lipinski definition) is 3. The molecule has 0 heterocycles. The summed E-state index contributed by atoms with van der Waals surface area (Å²) in [4.78, 5) is 0.321. The highest BCUT2D eigenvalue weighted by Gasteiger charge is 2.25. The molecule has 2 aliphatic rings. The maximum atomic E-state index is 12.3. The molecule has 0 aromatic heterocycles. The molecular weight excluding hydrogens is 286 g/mol. The second-order valence-corrected chi connectivity index (χ2v) is 8.01. The van der Waals surface area contributed by atoms with Crippen LogP contribution in [0.25, 0.3) is 0 Å². The minimum absolute atomic E-state index is 0.115. The minimum atomic E-state index is -3.52. The maximum Gasteiger partial charge on any atom is 0.240 e. The fraction of sp³-hybridized carbons (Fsp3) is 0.625. The summed E-state index contributed by atoms with van der Waals surface area (Å²) in [5.41, 5.74) is 2.41. The molecular formula is C16H23NO3S. The lowest BCUT2D eigenvalue weighted by atomic mass is 10.0. The standard InChI is InChI=1S/C16H23NO3S/c18-16(13-4-1-2-5-13)11-17-21(19,20)15-9-8-12-6-3-7-14(12)10-15/h8-10,13,16-18H,1-7,11H2. The van der Waals surface area contributed by atoms with Gasteiger partial charge >= 0.3 is 0 Å². The normalized spacial score (nSPS) is 20.6. The van der Waals surface area contributed by atoms with Crippen molar-refractivity contribution in [1.82, 2.24) is 4.72 Å². The summed E-state index contributed by atoms with van der Waals surface area (Å²) in [7, 11) is -3.52. The highest BCUT2D eigenvalue weighted by atomic mass is 32.2. The van der Waals surface area contributed by atoms with Crippen LogP contribution in [0.1, 0.15) is 43.2 Å². The van der Waals surface area contributed by atoms with E-state index in [9.17, 15) is 13.5 Å². The first-order valence-corrected chi connectivity index (χ1v) is 9.34. The molecule has 0 aliphatic heterocycles. The van der Waals surface area contributed by atoms with Gasteiger partial charge in [0, 0.05) is 6.54 Å². The Kier molecular flexibility index (Phi) is 4.33. The van der Waals surface area contributed by atoms with Gasteiger partial charge in [-0.1, -0.05) is 18.9 Å². The molecule has 5 heteroatoms. The molecule has 4 nitrogen and oxygen atoms in total. The lowest BCUT2D eigenvalue weighted by Crippen LogP contribution is -2.35. The van der Waals surface area contributed by atoms with Gasteiger partial charge in [-0.15, -0.1) is 0 Å². The monoisotopic (exact) mass is 309 g/mol. The van der Waals surface area contributed by atoms with Gasteiger partial charge in [0.1, 0.15) is 0 Å². The summed E-state index contributed by atoms with van der Waals surface area (Å²) in [6.45, 7) is 0.115. The van der Waals surface area contributed by atoms with Gasteiger partial charge in [-0.3, -0.25) is 0 Å². The van der Waals surface area contributed by atoms with Gasteiger partial charge in [0.05, 0.1) is 11.0 Å². The number of benzene rings is 1. The minimum Gasteiger partial charge on any atom is -0.391 e. The van der Waals surface area contributed by atoms with Crippen molar-refractivity contribution in [3.8, 4) is 0 Å². The summed E-state index contributed by atoms with van der Waals surface area (Å²) in [6.07, 6.45) is 6.82. The van der Waals surface area contributed by atoms with Crippen molar-refractivity contribution in [2.45, 2.75) is 55.9 Å². The first kappa shape index (κ1) is 15.0. The summed E-state index contributed by atoms with van der Waals surface area (Å²) in [5, 5.41) is 10.1. The molecule has 1 atom stereocenters. The number of aryl methyl sites for hydroxylation is 2. The molecule has 0 bridgehead atoms. The molecule has 0 saturated heterocycles. The SMILES string of the molecule is O=S(=O)(NCC(O)C1CCCC1)c1ccc2c(c1)CCC2. The van der Waals surface area contributed by atoms with Crippen LogP contribution in [0.5, 0.6) is 0 Å². The van der Waals surface area contributed by atoms with Crippen molar-refractivity contribution in [3.05, 3.63) is 29.3 Å². The molecule has 2 aliphatic carbocycles. The molecule has 2 N–H and O–H groups in total. The van der Waals surface area contributed by atoms with Crippen molar-refractivity contribution < 1.29 is 13.5 Å². The van der Waals surface area contributed by atoms with Gasteiger partial charge in [0.25, 0.3) is 0 Å². The predicted molar refractivity (Wildman–Crippen MR) is 81.6 cm³/mol. The Hall–Kier alpha value is -0.910. The second-order valence-electron chi connectivity index (χ2n) is 6.25. The smallest absolute Gasteiger partial charge is 0.240 e. The van der Waals surface area contributed by atoms with E-state index in [1.807, 2.05) is 6.07 Å². The first-order chi connectivity index (χ1) is 10.1. The van der Waals surface area contributed by atoms with Crippen LogP contribution in [0, 0.1) is 5.92 Å². The summed E-state index contributed by atoms with van der Waals surface area (Å²) in [5.74, 6) is 0.243. The number of fused-ring (bicyclic) bond motifs is 1. The van der Waals surface area contributed by atoms with Gasteiger partial charge in [0.2, 0.25) is 10.0 Å². The van der Waals surface area contributed by atoms with Crippen molar-refractivity contribution in [1.29, 1.82) is 0 Å². The van der Waals surface area contributed by atoms with Crippen LogP contribution in [0.15, 0.2) is 23.1 Å². The van der Waals surface area contributed by atoms with Crippen molar-refractivity contribution in [2.75, 3.05) is 6.54 Å². The highest BCUT2D eigenvalue weighted by Crippen LogP contribution is 2.28. The lowest BCUT2D eigenvalue weighted by molar-refractivity contribution is 0.115. The number of rotatable bonds is 5. The zero-order valence-electron chi connectivity index (χ0n) is 12.2. The molecule has 1 unspecified atom stereocenters. The Morgan fingerprint density at radius 3 is 2.62 bits per heavy atom. The number of sulfonamides is 1. The predicted octanol–water partition coefficient (Wildman–Crippen LogP) is 2.00. The number of aliphatic hydroxyl groups is 1. The van der Waals surface area contributed by atoms with Gasteiger partial charge in [-0.2, -0.15) is 0 Å². The topological polar surface area (TPSA) is 66.4 Å². The zero-order valence-corrected chi connectivity index (χ0v) is 13.0. The van der Waals surface area contributed by atoms with Crippen LogP contribution in [0.3, 0.4) is 0 Å². The van der Waals surface area contributed by atoms with Gasteiger partial charge in [-0.05, 0) is 61.3 Å². The zero-order chi connectivity index (χ0) is 14.9. The van der Waals surface area contributed by atoms with E-state index in [2.05, 4.69) is 4.72 Å². The van der Waals surface area contributed by atoms with Crippen LogP contribution in [0.4, 0.5) is 0 Å². The average Bonchev–Trinajstić information content (AvgIpc) is 3.14. The van der Waals surface area contributed by atoms with E-state index in [4.69, 9.17) is 0 Å². The second kappa shape index (κ2) is 6.07. The van der Waals surface area contributed by atoms with E-state index in [-0.39, 0.29) is 12.5 Å². The molecule has 21 heavy (non-hydrogen) atoms. The van der Waals surface area contributed by atoms with E-state index in [0.29, 0.717) is 4.90 Å². The first-order valence-electron chi connectivity index (χ1n) is 7.86. The van der Waals surface area contributed by atoms with Crippen LogP contribution >= 0.6 is 0 Å². The van der Waals surface area contributed by atoms with E-state index in [1.165, 1.54) is 5.56 Å². The number of nitrogens with one attached hydrogen (secondary N) is 1. The molecule has 1 aromatic rings. The van der Waals surface area contributed by atoms with Gasteiger partial charge in [0.15, 0.2) is 0 Å². The Morgan fingerprint density at radius 2 is 1.86 bits per heavy atom. The Labute approximate surface area is 126 Å². The molecule has 1 fully saturated rings. The van der Waals surface area contributed by atoms with Crippen molar-refractivity contribution >= 4 is 10.0 Å². The molecule has 1 saturated carbocycles. The number of aliphatic hydroxyl groups excluding tert-OH is 1. The van der Waals surface area contributed by atoms with Crippen LogP contribution in [-0.4, -0.2) is 26.2 Å². The molecule has 1 aromatic carbocycles. The molecule has 0 amide bonds. The third-order valence-corrected chi connectivity index (χ3v) is 6.23. The third-order valence-electron chi connectivity index (χ3n) is 4.81. The lowest BCUT2D eigenvalue weighted by Gasteiger charge is -2.18. The van der Waals surface area contributed by atoms with E-state index < -0.39 is 16.1 Å². The molecule has 3 rings (SSSR count). The Bertz CT molecular complexity index is 606. The van der Waals surface area contributed by atoms with Gasteiger partial charge in [-0.25, -0.2) is 13.1 Å². The molecule has 0 radical (unpaired) electrons. The van der Waals surface area contributed by atoms with Crippen LogP contribution < -0.4 is 4.72 Å². The summed E-state index contributed by atoms with van der Waals surface area (Å²) in [6, 6.07) is 5.38.